The molecule has 2 aromatic rings. The molecule has 1 N–H and O–H groups in total. The van der Waals surface area contributed by atoms with E-state index in [1.165, 1.54) is 6.20 Å². The highest BCUT2D eigenvalue weighted by molar-refractivity contribution is 6.31. The molecule has 0 amide bonds. The standard InChI is InChI=1S/C10H8ClNO/c1-6-2-3-9-7(4-6)10(13)8(11)5-12-9/h2-5H,1H3,(H,12,13). The van der Waals surface area contributed by atoms with Crippen LogP contribution in [-0.4, -0.2) is 4.98 Å². The number of aromatic amines is 1. The third-order valence-corrected chi connectivity index (χ3v) is 2.27. The molecule has 0 fully saturated rings. The first kappa shape index (κ1) is 8.32. The number of nitrogens with one attached hydrogen (secondary N) is 1. The maximum absolute atomic E-state index is 11.5. The second-order valence-corrected chi connectivity index (χ2v) is 3.42. The van der Waals surface area contributed by atoms with Gasteiger partial charge in [-0.1, -0.05) is 23.2 Å². The van der Waals surface area contributed by atoms with Gasteiger partial charge in [-0.25, -0.2) is 0 Å². The van der Waals surface area contributed by atoms with Crippen LogP contribution in [0.25, 0.3) is 10.9 Å². The molecule has 0 aliphatic heterocycles. The van der Waals surface area contributed by atoms with Crippen LogP contribution in [0, 0.1) is 6.92 Å². The zero-order chi connectivity index (χ0) is 9.42. The Labute approximate surface area is 80.2 Å². The van der Waals surface area contributed by atoms with Gasteiger partial charge in [-0.05, 0) is 19.1 Å². The first-order valence-electron chi connectivity index (χ1n) is 3.96. The van der Waals surface area contributed by atoms with Crippen LogP contribution in [0.5, 0.6) is 0 Å². The lowest BCUT2D eigenvalue weighted by Gasteiger charge is -1.98. The van der Waals surface area contributed by atoms with E-state index in [9.17, 15) is 4.79 Å². The van der Waals surface area contributed by atoms with Gasteiger partial charge >= 0.3 is 0 Å². The van der Waals surface area contributed by atoms with Crippen molar-refractivity contribution in [1.82, 2.24) is 4.98 Å². The minimum atomic E-state index is -0.112. The summed E-state index contributed by atoms with van der Waals surface area (Å²) in [6, 6.07) is 5.66. The van der Waals surface area contributed by atoms with Crippen LogP contribution in [0.4, 0.5) is 0 Å². The van der Waals surface area contributed by atoms with E-state index in [0.717, 1.165) is 11.1 Å². The summed E-state index contributed by atoms with van der Waals surface area (Å²) in [5.74, 6) is 0. The van der Waals surface area contributed by atoms with Gasteiger partial charge in [0.05, 0.1) is 0 Å². The molecule has 0 aliphatic carbocycles. The van der Waals surface area contributed by atoms with Crippen LogP contribution in [0.2, 0.25) is 5.02 Å². The van der Waals surface area contributed by atoms with Crippen molar-refractivity contribution in [3.63, 3.8) is 0 Å². The van der Waals surface area contributed by atoms with Gasteiger partial charge in [0.15, 0.2) is 0 Å². The third-order valence-electron chi connectivity index (χ3n) is 1.99. The van der Waals surface area contributed by atoms with Gasteiger partial charge in [0.25, 0.3) is 0 Å². The van der Waals surface area contributed by atoms with E-state index in [1.807, 2.05) is 25.1 Å². The predicted octanol–water partition coefficient (Wildman–Crippen LogP) is 2.49. The smallest absolute Gasteiger partial charge is 0.207 e. The van der Waals surface area contributed by atoms with Crippen LogP contribution in [0.15, 0.2) is 29.2 Å². The Morgan fingerprint density at radius 2 is 2.15 bits per heavy atom. The van der Waals surface area contributed by atoms with E-state index < -0.39 is 0 Å². The van der Waals surface area contributed by atoms with E-state index in [0.29, 0.717) is 5.39 Å². The summed E-state index contributed by atoms with van der Waals surface area (Å²) in [5, 5.41) is 0.880. The number of hydrogen-bond acceptors (Lipinski definition) is 1. The Morgan fingerprint density at radius 3 is 2.92 bits per heavy atom. The molecule has 2 nitrogen and oxygen atoms in total. The first-order valence-corrected chi connectivity index (χ1v) is 4.34. The molecule has 0 saturated carbocycles. The molecule has 0 bridgehead atoms. The predicted molar refractivity (Wildman–Crippen MR) is 54.3 cm³/mol. The Morgan fingerprint density at radius 1 is 1.38 bits per heavy atom. The number of fused-ring (bicyclic) bond motifs is 1. The van der Waals surface area contributed by atoms with Crippen LogP contribution >= 0.6 is 11.6 Å². The summed E-state index contributed by atoms with van der Waals surface area (Å²) >= 11 is 5.70. The van der Waals surface area contributed by atoms with E-state index in [1.54, 1.807) is 0 Å². The maximum atomic E-state index is 11.5. The zero-order valence-electron chi connectivity index (χ0n) is 7.10. The second kappa shape index (κ2) is 2.89. The summed E-state index contributed by atoms with van der Waals surface area (Å²) in [7, 11) is 0. The van der Waals surface area contributed by atoms with Crippen molar-refractivity contribution in [2.45, 2.75) is 6.92 Å². The monoisotopic (exact) mass is 193 g/mol. The fourth-order valence-electron chi connectivity index (χ4n) is 1.31. The van der Waals surface area contributed by atoms with Crippen molar-refractivity contribution in [3.05, 3.63) is 45.2 Å². The number of aryl methyl sites for hydroxylation is 1. The van der Waals surface area contributed by atoms with Crippen molar-refractivity contribution in [2.75, 3.05) is 0 Å². The number of pyridine rings is 1. The third kappa shape index (κ3) is 1.33. The largest absolute Gasteiger partial charge is 0.360 e. The minimum Gasteiger partial charge on any atom is -0.360 e. The molecule has 66 valence electrons. The molecule has 1 heterocycles. The van der Waals surface area contributed by atoms with Gasteiger partial charge < -0.3 is 4.98 Å². The lowest BCUT2D eigenvalue weighted by atomic mass is 10.1. The van der Waals surface area contributed by atoms with Crippen LogP contribution in [0.1, 0.15) is 5.56 Å². The molecule has 1 aromatic heterocycles. The molecule has 0 atom stereocenters. The minimum absolute atomic E-state index is 0.112. The SMILES string of the molecule is Cc1ccc2[nH]cc(Cl)c(=O)c2c1. The van der Waals surface area contributed by atoms with Crippen molar-refractivity contribution in [1.29, 1.82) is 0 Å². The highest BCUT2D eigenvalue weighted by Crippen LogP contribution is 2.11. The fourth-order valence-corrected chi connectivity index (χ4v) is 1.46. The molecular weight excluding hydrogens is 186 g/mol. The Kier molecular flexibility index (Phi) is 1.85. The maximum Gasteiger partial charge on any atom is 0.207 e. The number of H-pyrrole nitrogens is 1. The van der Waals surface area contributed by atoms with Crippen molar-refractivity contribution < 1.29 is 0 Å². The van der Waals surface area contributed by atoms with Crippen molar-refractivity contribution in [2.24, 2.45) is 0 Å². The van der Waals surface area contributed by atoms with E-state index in [4.69, 9.17) is 11.6 Å². The van der Waals surface area contributed by atoms with Crippen LogP contribution < -0.4 is 5.43 Å². The highest BCUT2D eigenvalue weighted by Gasteiger charge is 2.01. The summed E-state index contributed by atoms with van der Waals surface area (Å²) in [6.07, 6.45) is 1.52. The number of rotatable bonds is 0. The second-order valence-electron chi connectivity index (χ2n) is 3.01. The van der Waals surface area contributed by atoms with E-state index in [2.05, 4.69) is 4.98 Å². The number of aromatic nitrogens is 1. The lowest BCUT2D eigenvalue weighted by Crippen LogP contribution is -2.02. The fraction of sp³-hybridized carbons (Fsp3) is 0.100. The van der Waals surface area contributed by atoms with Crippen molar-refractivity contribution in [3.8, 4) is 0 Å². The number of benzene rings is 1. The first-order chi connectivity index (χ1) is 6.18. The molecule has 13 heavy (non-hydrogen) atoms. The molecule has 0 aliphatic rings. The zero-order valence-corrected chi connectivity index (χ0v) is 7.85. The molecule has 1 aromatic carbocycles. The lowest BCUT2D eigenvalue weighted by molar-refractivity contribution is 1.37. The Bertz CT molecular complexity index is 511. The quantitative estimate of drug-likeness (QED) is 0.685. The van der Waals surface area contributed by atoms with Gasteiger partial charge in [0.2, 0.25) is 5.43 Å². The van der Waals surface area contributed by atoms with Crippen molar-refractivity contribution >= 4 is 22.5 Å². The summed E-state index contributed by atoms with van der Waals surface area (Å²) in [4.78, 5) is 14.5. The molecule has 0 unspecified atom stereocenters. The average Bonchev–Trinajstić information content (AvgIpc) is 2.12. The molecule has 0 spiro atoms. The average molecular weight is 194 g/mol. The molecule has 0 saturated heterocycles. The van der Waals surface area contributed by atoms with E-state index in [-0.39, 0.29) is 10.5 Å². The molecular formula is C10H8ClNO. The number of halogens is 1. The molecule has 2 rings (SSSR count). The Hall–Kier alpha value is -1.28. The summed E-state index contributed by atoms with van der Waals surface area (Å²) in [5.41, 5.74) is 1.76. The van der Waals surface area contributed by atoms with Gasteiger partial charge in [0.1, 0.15) is 5.02 Å². The van der Waals surface area contributed by atoms with Gasteiger partial charge in [0, 0.05) is 17.1 Å². The van der Waals surface area contributed by atoms with Gasteiger partial charge in [-0.3, -0.25) is 4.79 Å². The van der Waals surface area contributed by atoms with E-state index >= 15 is 0 Å². The summed E-state index contributed by atoms with van der Waals surface area (Å²) < 4.78 is 0. The topological polar surface area (TPSA) is 32.9 Å². The highest BCUT2D eigenvalue weighted by atomic mass is 35.5. The van der Waals surface area contributed by atoms with Gasteiger partial charge in [-0.15, -0.1) is 0 Å². The van der Waals surface area contributed by atoms with Crippen LogP contribution in [0.3, 0.4) is 0 Å². The normalized spacial score (nSPS) is 10.6. The molecule has 0 radical (unpaired) electrons. The van der Waals surface area contributed by atoms with Crippen LogP contribution in [-0.2, 0) is 0 Å². The molecule has 3 heteroatoms. The Balaban J connectivity index is 2.97. The summed E-state index contributed by atoms with van der Waals surface area (Å²) in [6.45, 7) is 1.94. The van der Waals surface area contributed by atoms with Gasteiger partial charge in [-0.2, -0.15) is 0 Å². The number of hydrogen-bond donors (Lipinski definition) is 1.